The molecular weight excluding hydrogens is 370 g/mol. The van der Waals surface area contributed by atoms with Gasteiger partial charge in [0, 0.05) is 32.1 Å². The van der Waals surface area contributed by atoms with Crippen molar-refractivity contribution in [2.75, 3.05) is 27.8 Å². The number of carbonyl (C=O) groups is 1. The normalized spacial score (nSPS) is 14.5. The average Bonchev–Trinajstić information content (AvgIpc) is 3.26. The number of rotatable bonds is 11. The number of benzene rings is 1. The molecule has 1 aliphatic carbocycles. The van der Waals surface area contributed by atoms with Crippen molar-refractivity contribution < 1.29 is 19.0 Å². The number of carbonyl (C=O) groups excluding carboxylic acids is 1. The topological polar surface area (TPSA) is 81.2 Å². The maximum Gasteiger partial charge on any atom is 0.305 e. The summed E-state index contributed by atoms with van der Waals surface area (Å²) in [7, 11) is 4.86. The van der Waals surface area contributed by atoms with Crippen LogP contribution in [0.5, 0.6) is 11.5 Å². The third-order valence-corrected chi connectivity index (χ3v) is 5.11. The molecule has 29 heavy (non-hydrogen) atoms. The number of nitrogens with one attached hydrogen (secondary N) is 2. The SMILES string of the molecule is CN=C(NCCCCCC(=O)OC)NCc1cccc(OC)c1OC1CCCC1. The van der Waals surface area contributed by atoms with Crippen LogP contribution in [0.3, 0.4) is 0 Å². The van der Waals surface area contributed by atoms with Crippen molar-refractivity contribution in [3.63, 3.8) is 0 Å². The Labute approximate surface area is 174 Å². The van der Waals surface area contributed by atoms with Gasteiger partial charge in [-0.1, -0.05) is 18.6 Å². The number of unbranched alkanes of at least 4 members (excludes halogenated alkanes) is 2. The van der Waals surface area contributed by atoms with Gasteiger partial charge in [0.2, 0.25) is 0 Å². The molecule has 0 bridgehead atoms. The van der Waals surface area contributed by atoms with Crippen LogP contribution in [0.2, 0.25) is 0 Å². The summed E-state index contributed by atoms with van der Waals surface area (Å²) in [6.07, 6.45) is 8.17. The van der Waals surface area contributed by atoms with Crippen molar-refractivity contribution in [2.24, 2.45) is 4.99 Å². The highest BCUT2D eigenvalue weighted by atomic mass is 16.5. The molecule has 2 N–H and O–H groups in total. The number of aliphatic imine (C=N–C) groups is 1. The zero-order valence-electron chi connectivity index (χ0n) is 18.0. The molecule has 162 valence electrons. The van der Waals surface area contributed by atoms with Crippen LogP contribution < -0.4 is 20.1 Å². The number of esters is 1. The quantitative estimate of drug-likeness (QED) is 0.254. The van der Waals surface area contributed by atoms with Crippen LogP contribution in [0.25, 0.3) is 0 Å². The lowest BCUT2D eigenvalue weighted by Gasteiger charge is -2.20. The lowest BCUT2D eigenvalue weighted by molar-refractivity contribution is -0.140. The Hall–Kier alpha value is -2.44. The molecule has 1 saturated carbocycles. The van der Waals surface area contributed by atoms with E-state index in [4.69, 9.17) is 9.47 Å². The van der Waals surface area contributed by atoms with E-state index in [2.05, 4.69) is 26.4 Å². The molecule has 0 heterocycles. The molecule has 1 aromatic rings. The second-order valence-corrected chi connectivity index (χ2v) is 7.21. The fraction of sp³-hybridized carbons (Fsp3) is 0.636. The third-order valence-electron chi connectivity index (χ3n) is 5.11. The largest absolute Gasteiger partial charge is 0.493 e. The zero-order chi connectivity index (χ0) is 20.9. The highest BCUT2D eigenvalue weighted by Crippen LogP contribution is 2.34. The summed E-state index contributed by atoms with van der Waals surface area (Å²) in [5.41, 5.74) is 1.05. The van der Waals surface area contributed by atoms with Crippen LogP contribution in [-0.4, -0.2) is 45.8 Å². The van der Waals surface area contributed by atoms with Crippen molar-refractivity contribution >= 4 is 11.9 Å². The molecule has 1 aromatic carbocycles. The van der Waals surface area contributed by atoms with E-state index in [0.29, 0.717) is 13.0 Å². The molecule has 2 rings (SSSR count). The summed E-state index contributed by atoms with van der Waals surface area (Å²) in [6.45, 7) is 1.39. The Balaban J connectivity index is 1.81. The third kappa shape index (κ3) is 7.83. The first-order chi connectivity index (χ1) is 14.2. The van der Waals surface area contributed by atoms with Gasteiger partial charge >= 0.3 is 5.97 Å². The number of methoxy groups -OCH3 is 2. The summed E-state index contributed by atoms with van der Waals surface area (Å²) in [6, 6.07) is 5.98. The van der Waals surface area contributed by atoms with Gasteiger partial charge in [-0.15, -0.1) is 0 Å². The summed E-state index contributed by atoms with van der Waals surface area (Å²) >= 11 is 0. The van der Waals surface area contributed by atoms with Gasteiger partial charge in [0.25, 0.3) is 0 Å². The minimum absolute atomic E-state index is 0.149. The molecule has 0 amide bonds. The van der Waals surface area contributed by atoms with Gasteiger partial charge in [-0.3, -0.25) is 9.79 Å². The predicted octanol–water partition coefficient (Wildman–Crippen LogP) is 3.42. The molecule has 1 aliphatic rings. The van der Waals surface area contributed by atoms with Gasteiger partial charge < -0.3 is 24.8 Å². The Bertz CT molecular complexity index is 657. The van der Waals surface area contributed by atoms with Crippen LogP contribution in [0, 0.1) is 0 Å². The Morgan fingerprint density at radius 3 is 2.62 bits per heavy atom. The molecule has 0 saturated heterocycles. The first kappa shape index (κ1) is 22.8. The minimum Gasteiger partial charge on any atom is -0.493 e. The van der Waals surface area contributed by atoms with Gasteiger partial charge in [0.1, 0.15) is 0 Å². The first-order valence-corrected chi connectivity index (χ1v) is 10.5. The number of guanidine groups is 1. The number of nitrogens with zero attached hydrogens (tertiary/aromatic N) is 1. The molecule has 0 aliphatic heterocycles. The van der Waals surface area contributed by atoms with Gasteiger partial charge in [-0.25, -0.2) is 0 Å². The number of hydrogen-bond donors (Lipinski definition) is 2. The number of ether oxygens (including phenoxy) is 3. The molecule has 0 aromatic heterocycles. The van der Waals surface area contributed by atoms with E-state index in [9.17, 15) is 4.79 Å². The molecule has 0 unspecified atom stereocenters. The van der Waals surface area contributed by atoms with E-state index in [-0.39, 0.29) is 12.1 Å². The van der Waals surface area contributed by atoms with Crippen molar-refractivity contribution in [1.29, 1.82) is 0 Å². The maximum atomic E-state index is 11.1. The van der Waals surface area contributed by atoms with Crippen LogP contribution in [0.4, 0.5) is 0 Å². The first-order valence-electron chi connectivity index (χ1n) is 10.5. The molecular formula is C22H35N3O4. The second-order valence-electron chi connectivity index (χ2n) is 7.21. The Kier molecular flexibility index (Phi) is 10.2. The van der Waals surface area contributed by atoms with Gasteiger partial charge in [0.05, 0.1) is 20.3 Å². The van der Waals surface area contributed by atoms with Gasteiger partial charge in [0.15, 0.2) is 17.5 Å². The van der Waals surface area contributed by atoms with E-state index in [1.165, 1.54) is 20.0 Å². The van der Waals surface area contributed by atoms with E-state index in [1.807, 2.05) is 12.1 Å². The van der Waals surface area contributed by atoms with E-state index >= 15 is 0 Å². The smallest absolute Gasteiger partial charge is 0.305 e. The van der Waals surface area contributed by atoms with Crippen LogP contribution >= 0.6 is 0 Å². The lowest BCUT2D eigenvalue weighted by atomic mass is 10.1. The second kappa shape index (κ2) is 12.9. The molecule has 1 fully saturated rings. The van der Waals surface area contributed by atoms with Crippen molar-refractivity contribution in [2.45, 2.75) is 64.0 Å². The molecule has 7 heteroatoms. The fourth-order valence-corrected chi connectivity index (χ4v) is 3.45. The summed E-state index contributed by atoms with van der Waals surface area (Å²) in [5, 5.41) is 6.66. The molecule has 0 spiro atoms. The van der Waals surface area contributed by atoms with E-state index in [1.54, 1.807) is 14.2 Å². The maximum absolute atomic E-state index is 11.1. The zero-order valence-corrected chi connectivity index (χ0v) is 18.0. The van der Waals surface area contributed by atoms with Crippen molar-refractivity contribution in [1.82, 2.24) is 10.6 Å². The monoisotopic (exact) mass is 405 g/mol. The predicted molar refractivity (Wildman–Crippen MR) is 115 cm³/mol. The van der Waals surface area contributed by atoms with Gasteiger partial charge in [-0.05, 0) is 44.6 Å². The highest BCUT2D eigenvalue weighted by Gasteiger charge is 2.20. The van der Waals surface area contributed by atoms with Crippen molar-refractivity contribution in [3.8, 4) is 11.5 Å². The molecule has 0 atom stereocenters. The summed E-state index contributed by atoms with van der Waals surface area (Å²) in [5.74, 6) is 2.19. The van der Waals surface area contributed by atoms with Gasteiger partial charge in [-0.2, -0.15) is 0 Å². The summed E-state index contributed by atoms with van der Waals surface area (Å²) < 4.78 is 16.5. The summed E-state index contributed by atoms with van der Waals surface area (Å²) in [4.78, 5) is 15.4. The highest BCUT2D eigenvalue weighted by molar-refractivity contribution is 5.79. The fourth-order valence-electron chi connectivity index (χ4n) is 3.45. The van der Waals surface area contributed by atoms with E-state index < -0.39 is 0 Å². The van der Waals surface area contributed by atoms with E-state index in [0.717, 1.165) is 61.7 Å². The number of para-hydroxylation sites is 1. The lowest BCUT2D eigenvalue weighted by Crippen LogP contribution is -2.37. The molecule has 0 radical (unpaired) electrons. The standard InChI is InChI=1S/C22H35N3O4/c1-23-22(24-15-8-4-5-14-20(26)28-3)25-16-17-10-9-13-19(27-2)21(17)29-18-11-6-7-12-18/h9-10,13,18H,4-8,11-12,14-16H2,1-3H3,(H2,23,24,25). The Morgan fingerprint density at radius 1 is 1.14 bits per heavy atom. The Morgan fingerprint density at radius 2 is 1.93 bits per heavy atom. The van der Waals surface area contributed by atoms with Crippen molar-refractivity contribution in [3.05, 3.63) is 23.8 Å². The molecule has 7 nitrogen and oxygen atoms in total. The minimum atomic E-state index is -0.149. The van der Waals surface area contributed by atoms with Crippen LogP contribution in [0.15, 0.2) is 23.2 Å². The van der Waals surface area contributed by atoms with Crippen LogP contribution in [-0.2, 0) is 16.1 Å². The average molecular weight is 406 g/mol. The van der Waals surface area contributed by atoms with Crippen LogP contribution in [0.1, 0.15) is 56.9 Å². The number of hydrogen-bond acceptors (Lipinski definition) is 5.